The van der Waals surface area contributed by atoms with Gasteiger partial charge in [0, 0.05) is 38.2 Å². The molecule has 8 heteroatoms. The summed E-state index contributed by atoms with van der Waals surface area (Å²) in [5, 5.41) is 2.89. The normalized spacial score (nSPS) is 16.9. The van der Waals surface area contributed by atoms with Crippen molar-refractivity contribution in [3.63, 3.8) is 0 Å². The fourth-order valence-electron chi connectivity index (χ4n) is 4.39. The molecule has 2 aromatic rings. The molecule has 33 heavy (non-hydrogen) atoms. The highest BCUT2D eigenvalue weighted by atomic mass is 16.5. The number of anilines is 1. The first-order valence-corrected chi connectivity index (χ1v) is 11.7. The first kappa shape index (κ1) is 22.9. The van der Waals surface area contributed by atoms with Gasteiger partial charge < -0.3 is 24.6 Å². The molecule has 0 unspecified atom stereocenters. The summed E-state index contributed by atoms with van der Waals surface area (Å²) in [5.74, 6) is 1.92. The van der Waals surface area contributed by atoms with Crippen molar-refractivity contribution in [3.8, 4) is 17.4 Å². The maximum Gasteiger partial charge on any atom is 0.321 e. The molecule has 0 saturated carbocycles. The number of methoxy groups -OCH3 is 1. The molecule has 0 radical (unpaired) electrons. The summed E-state index contributed by atoms with van der Waals surface area (Å²) in [5.41, 5.74) is 1.67. The van der Waals surface area contributed by atoms with Crippen LogP contribution in [-0.4, -0.2) is 60.0 Å². The van der Waals surface area contributed by atoms with E-state index in [9.17, 15) is 9.59 Å². The molecule has 4 rings (SSSR count). The lowest BCUT2D eigenvalue weighted by molar-refractivity contribution is -0.137. The van der Waals surface area contributed by atoms with Crippen LogP contribution in [-0.2, 0) is 4.79 Å². The number of hydrogen-bond acceptors (Lipinski definition) is 5. The van der Waals surface area contributed by atoms with Gasteiger partial charge in [0.05, 0.1) is 19.0 Å². The largest absolute Gasteiger partial charge is 0.493 e. The molecule has 176 valence electrons. The van der Waals surface area contributed by atoms with Crippen molar-refractivity contribution in [2.45, 2.75) is 39.0 Å². The number of hydrogen-bond donors (Lipinski definition) is 1. The van der Waals surface area contributed by atoms with Crippen LogP contribution in [0, 0.1) is 12.8 Å². The molecule has 0 bridgehead atoms. The van der Waals surface area contributed by atoms with E-state index in [2.05, 4.69) is 10.3 Å². The van der Waals surface area contributed by atoms with Gasteiger partial charge in [0.2, 0.25) is 11.8 Å². The average Bonchev–Trinajstić information content (AvgIpc) is 2.86. The minimum atomic E-state index is -0.172. The molecular formula is C25H32N4O4. The third kappa shape index (κ3) is 5.74. The van der Waals surface area contributed by atoms with Gasteiger partial charge in [-0.25, -0.2) is 9.78 Å². The van der Waals surface area contributed by atoms with Gasteiger partial charge in [-0.2, -0.15) is 0 Å². The van der Waals surface area contributed by atoms with Crippen molar-refractivity contribution in [2.24, 2.45) is 5.92 Å². The molecule has 3 amide bonds. The summed E-state index contributed by atoms with van der Waals surface area (Å²) in [6.07, 6.45) is 6.41. The van der Waals surface area contributed by atoms with Crippen LogP contribution in [0.5, 0.6) is 17.4 Å². The number of benzene rings is 1. The molecule has 8 nitrogen and oxygen atoms in total. The highest BCUT2D eigenvalue weighted by Gasteiger charge is 2.30. The zero-order valence-electron chi connectivity index (χ0n) is 19.4. The van der Waals surface area contributed by atoms with Gasteiger partial charge in [0.1, 0.15) is 0 Å². The summed E-state index contributed by atoms with van der Waals surface area (Å²) in [7, 11) is 1.60. The summed E-state index contributed by atoms with van der Waals surface area (Å²) < 4.78 is 11.2. The molecule has 1 N–H and O–H groups in total. The second-order valence-electron chi connectivity index (χ2n) is 8.72. The van der Waals surface area contributed by atoms with Crippen molar-refractivity contribution in [2.75, 3.05) is 38.6 Å². The number of likely N-dealkylation sites (tertiary alicyclic amines) is 2. The van der Waals surface area contributed by atoms with Gasteiger partial charge in [-0.3, -0.25) is 4.79 Å². The second-order valence-corrected chi connectivity index (χ2v) is 8.72. The van der Waals surface area contributed by atoms with Crippen molar-refractivity contribution >= 4 is 17.6 Å². The molecular weight excluding hydrogens is 420 g/mol. The fraction of sp³-hybridized carbons (Fsp3) is 0.480. The van der Waals surface area contributed by atoms with E-state index in [4.69, 9.17) is 9.47 Å². The van der Waals surface area contributed by atoms with Crippen LogP contribution in [0.1, 0.15) is 37.7 Å². The highest BCUT2D eigenvalue weighted by Crippen LogP contribution is 2.31. The van der Waals surface area contributed by atoms with Gasteiger partial charge in [-0.05, 0) is 62.8 Å². The van der Waals surface area contributed by atoms with E-state index in [0.29, 0.717) is 49.0 Å². The quantitative estimate of drug-likeness (QED) is 0.725. The Balaban J connectivity index is 1.27. The van der Waals surface area contributed by atoms with E-state index in [0.717, 1.165) is 31.5 Å². The van der Waals surface area contributed by atoms with Crippen molar-refractivity contribution in [1.82, 2.24) is 14.8 Å². The number of rotatable bonds is 5. The van der Waals surface area contributed by atoms with Gasteiger partial charge >= 0.3 is 6.03 Å². The van der Waals surface area contributed by atoms with Crippen LogP contribution < -0.4 is 14.8 Å². The number of nitrogens with zero attached hydrogens (tertiary/aromatic N) is 3. The maximum absolute atomic E-state index is 12.7. The predicted octanol–water partition coefficient (Wildman–Crippen LogP) is 4.45. The molecule has 1 aromatic carbocycles. The third-order valence-corrected chi connectivity index (χ3v) is 6.32. The molecule has 2 aliphatic heterocycles. The van der Waals surface area contributed by atoms with E-state index in [1.807, 2.05) is 30.0 Å². The predicted molar refractivity (Wildman–Crippen MR) is 126 cm³/mol. The average molecular weight is 453 g/mol. The highest BCUT2D eigenvalue weighted by molar-refractivity contribution is 5.89. The van der Waals surface area contributed by atoms with E-state index in [1.165, 1.54) is 6.42 Å². The number of carbonyl (C=O) groups excluding carboxylic acids is 2. The van der Waals surface area contributed by atoms with Gasteiger partial charge in [0.25, 0.3) is 0 Å². The smallest absolute Gasteiger partial charge is 0.321 e. The zero-order valence-corrected chi connectivity index (χ0v) is 19.4. The minimum Gasteiger partial charge on any atom is -0.493 e. The number of pyridine rings is 1. The molecule has 0 spiro atoms. The summed E-state index contributed by atoms with van der Waals surface area (Å²) in [6.45, 7) is 4.90. The Labute approximate surface area is 194 Å². The number of ether oxygens (including phenoxy) is 2. The van der Waals surface area contributed by atoms with Crippen molar-refractivity contribution in [3.05, 3.63) is 42.1 Å². The number of urea groups is 1. The Morgan fingerprint density at radius 3 is 2.39 bits per heavy atom. The Morgan fingerprint density at radius 1 is 0.970 bits per heavy atom. The minimum absolute atomic E-state index is 0.0315. The molecule has 2 fully saturated rings. The molecule has 0 aliphatic carbocycles. The Bertz CT molecular complexity index is 965. The van der Waals surface area contributed by atoms with Gasteiger partial charge in [-0.1, -0.05) is 6.07 Å². The first-order chi connectivity index (χ1) is 16.0. The van der Waals surface area contributed by atoms with E-state index in [-0.39, 0.29) is 17.9 Å². The Hall–Kier alpha value is -3.29. The molecule has 2 saturated heterocycles. The number of carbonyl (C=O) groups is 2. The van der Waals surface area contributed by atoms with Crippen molar-refractivity contribution < 1.29 is 19.1 Å². The number of piperidine rings is 2. The SMILES string of the molecule is COc1cc(C)ccc1Oc1ccc(NC(=O)N2CCC(C(=O)N3CCCCC3)CC2)cn1. The topological polar surface area (TPSA) is 84.0 Å². The summed E-state index contributed by atoms with van der Waals surface area (Å²) in [4.78, 5) is 33.5. The number of aryl methyl sites for hydroxylation is 1. The number of aromatic nitrogens is 1. The number of amides is 3. The second kappa shape index (κ2) is 10.6. The molecule has 2 aliphatic rings. The summed E-state index contributed by atoms with van der Waals surface area (Å²) >= 11 is 0. The lowest BCUT2D eigenvalue weighted by atomic mass is 9.94. The lowest BCUT2D eigenvalue weighted by Crippen LogP contribution is -2.46. The zero-order chi connectivity index (χ0) is 23.2. The van der Waals surface area contributed by atoms with Crippen LogP contribution in [0.2, 0.25) is 0 Å². The molecule has 0 atom stereocenters. The van der Waals surface area contributed by atoms with Crippen LogP contribution in [0.15, 0.2) is 36.5 Å². The molecule has 3 heterocycles. The molecule has 1 aromatic heterocycles. The van der Waals surface area contributed by atoms with Gasteiger partial charge in [-0.15, -0.1) is 0 Å². The maximum atomic E-state index is 12.7. The fourth-order valence-corrected chi connectivity index (χ4v) is 4.39. The van der Waals surface area contributed by atoms with Crippen LogP contribution in [0.25, 0.3) is 0 Å². The van der Waals surface area contributed by atoms with E-state index >= 15 is 0 Å². The Kier molecular flexibility index (Phi) is 7.32. The Morgan fingerprint density at radius 2 is 1.73 bits per heavy atom. The monoisotopic (exact) mass is 452 g/mol. The first-order valence-electron chi connectivity index (χ1n) is 11.7. The van der Waals surface area contributed by atoms with Crippen LogP contribution >= 0.6 is 0 Å². The lowest BCUT2D eigenvalue weighted by Gasteiger charge is -2.35. The van der Waals surface area contributed by atoms with Gasteiger partial charge in [0.15, 0.2) is 11.5 Å². The van der Waals surface area contributed by atoms with E-state index in [1.54, 1.807) is 30.3 Å². The standard InChI is InChI=1S/C25H32N4O4/c1-18-6-8-21(22(16-18)32-2)33-23-9-7-20(17-26-23)27-25(31)29-14-10-19(11-15-29)24(30)28-12-4-3-5-13-28/h6-9,16-17,19H,3-5,10-15H2,1-2H3,(H,27,31). The number of nitrogens with one attached hydrogen (secondary N) is 1. The van der Waals surface area contributed by atoms with Crippen LogP contribution in [0.3, 0.4) is 0 Å². The third-order valence-electron chi connectivity index (χ3n) is 6.32. The summed E-state index contributed by atoms with van der Waals surface area (Å²) in [6, 6.07) is 8.97. The van der Waals surface area contributed by atoms with Crippen molar-refractivity contribution in [1.29, 1.82) is 0 Å². The van der Waals surface area contributed by atoms with Crippen LogP contribution in [0.4, 0.5) is 10.5 Å². The van der Waals surface area contributed by atoms with E-state index < -0.39 is 0 Å².